The van der Waals surface area contributed by atoms with E-state index in [1.807, 2.05) is 50.1 Å². The van der Waals surface area contributed by atoms with E-state index in [9.17, 15) is 4.79 Å². The van der Waals surface area contributed by atoms with Crippen molar-refractivity contribution in [1.82, 2.24) is 5.32 Å². The number of nitrogens with two attached hydrogens (primary N) is 1. The van der Waals surface area contributed by atoms with E-state index in [0.29, 0.717) is 12.2 Å². The molecule has 1 aromatic carbocycles. The minimum Gasteiger partial charge on any atom is -0.399 e. The van der Waals surface area contributed by atoms with Gasteiger partial charge in [0.05, 0.1) is 0 Å². The molecule has 0 radical (unpaired) electrons. The summed E-state index contributed by atoms with van der Waals surface area (Å²) in [6.45, 7) is 4.42. The Morgan fingerprint density at radius 3 is 2.81 bits per heavy atom. The monoisotopic (exact) mass is 221 g/mol. The summed E-state index contributed by atoms with van der Waals surface area (Å²) in [5.41, 5.74) is 7.35. The van der Waals surface area contributed by atoms with Crippen molar-refractivity contribution in [2.75, 3.05) is 24.2 Å². The second kappa shape index (κ2) is 5.39. The highest BCUT2D eigenvalue weighted by Crippen LogP contribution is 2.18. The molecule has 0 aromatic heterocycles. The highest BCUT2D eigenvalue weighted by atomic mass is 16.2. The minimum absolute atomic E-state index is 0.0208. The predicted molar refractivity (Wildman–Crippen MR) is 67.4 cm³/mol. The summed E-state index contributed by atoms with van der Waals surface area (Å²) >= 11 is 0. The minimum atomic E-state index is -0.207. The molecule has 1 aromatic rings. The first-order chi connectivity index (χ1) is 7.56. The number of nitrogens with zero attached hydrogens (tertiary/aromatic N) is 1. The molecule has 0 heterocycles. The van der Waals surface area contributed by atoms with Crippen LogP contribution in [0.15, 0.2) is 24.3 Å². The van der Waals surface area contributed by atoms with Gasteiger partial charge in [-0.2, -0.15) is 0 Å². The van der Waals surface area contributed by atoms with E-state index < -0.39 is 0 Å². The Balaban J connectivity index is 2.77. The Kier molecular flexibility index (Phi) is 4.17. The van der Waals surface area contributed by atoms with Gasteiger partial charge in [0.1, 0.15) is 6.04 Å². The van der Waals surface area contributed by atoms with E-state index in [-0.39, 0.29) is 11.9 Å². The number of benzene rings is 1. The molecule has 1 amide bonds. The lowest BCUT2D eigenvalue weighted by Crippen LogP contribution is -2.43. The van der Waals surface area contributed by atoms with E-state index >= 15 is 0 Å². The lowest BCUT2D eigenvalue weighted by atomic mass is 10.2. The summed E-state index contributed by atoms with van der Waals surface area (Å²) in [7, 11) is 1.88. The molecule has 0 saturated carbocycles. The second-order valence-electron chi connectivity index (χ2n) is 3.78. The van der Waals surface area contributed by atoms with E-state index in [2.05, 4.69) is 5.32 Å². The second-order valence-corrected chi connectivity index (χ2v) is 3.78. The third-order valence-corrected chi connectivity index (χ3v) is 2.59. The first-order valence-electron chi connectivity index (χ1n) is 5.42. The zero-order valence-corrected chi connectivity index (χ0v) is 10.0. The smallest absolute Gasteiger partial charge is 0.242 e. The van der Waals surface area contributed by atoms with Crippen molar-refractivity contribution in [2.24, 2.45) is 0 Å². The zero-order chi connectivity index (χ0) is 12.1. The Labute approximate surface area is 96.4 Å². The fraction of sp³-hybridized carbons (Fsp3) is 0.417. The van der Waals surface area contributed by atoms with E-state index in [1.165, 1.54) is 0 Å². The molecule has 0 bridgehead atoms. The van der Waals surface area contributed by atoms with Crippen LogP contribution in [0.1, 0.15) is 13.8 Å². The lowest BCUT2D eigenvalue weighted by molar-refractivity contribution is -0.121. The number of likely N-dealkylation sites (N-methyl/N-ethyl adjacent to an activating group) is 2. The summed E-state index contributed by atoms with van der Waals surface area (Å²) < 4.78 is 0. The van der Waals surface area contributed by atoms with Crippen LogP contribution in [-0.2, 0) is 4.79 Å². The number of anilines is 2. The fourth-order valence-corrected chi connectivity index (χ4v) is 1.47. The van der Waals surface area contributed by atoms with Crippen LogP contribution in [0.25, 0.3) is 0 Å². The van der Waals surface area contributed by atoms with Gasteiger partial charge in [-0.15, -0.1) is 0 Å². The van der Waals surface area contributed by atoms with Crippen LogP contribution >= 0.6 is 0 Å². The number of amides is 1. The molecule has 16 heavy (non-hydrogen) atoms. The molecular formula is C12H19N3O. The Bertz CT molecular complexity index is 365. The van der Waals surface area contributed by atoms with Crippen LogP contribution in [0.3, 0.4) is 0 Å². The summed E-state index contributed by atoms with van der Waals surface area (Å²) in [6.07, 6.45) is 0. The first-order valence-corrected chi connectivity index (χ1v) is 5.42. The van der Waals surface area contributed by atoms with E-state index in [0.717, 1.165) is 5.69 Å². The summed E-state index contributed by atoms with van der Waals surface area (Å²) in [5.74, 6) is 0.0208. The lowest BCUT2D eigenvalue weighted by Gasteiger charge is -2.26. The summed E-state index contributed by atoms with van der Waals surface area (Å²) in [5, 5.41) is 2.80. The van der Waals surface area contributed by atoms with Gasteiger partial charge in [-0.25, -0.2) is 0 Å². The van der Waals surface area contributed by atoms with Crippen molar-refractivity contribution >= 4 is 17.3 Å². The van der Waals surface area contributed by atoms with Gasteiger partial charge in [0.15, 0.2) is 0 Å². The maximum Gasteiger partial charge on any atom is 0.242 e. The molecule has 0 aliphatic carbocycles. The zero-order valence-electron chi connectivity index (χ0n) is 10.0. The van der Waals surface area contributed by atoms with Gasteiger partial charge in [0.25, 0.3) is 0 Å². The third-order valence-electron chi connectivity index (χ3n) is 2.59. The molecule has 0 saturated heterocycles. The molecule has 0 aliphatic heterocycles. The standard InChI is InChI=1S/C12H19N3O/c1-4-14-12(16)9(2)15(3)11-7-5-6-10(13)8-11/h5-9H,4,13H2,1-3H3,(H,14,16). The van der Waals surface area contributed by atoms with Gasteiger partial charge in [-0.05, 0) is 32.0 Å². The van der Waals surface area contributed by atoms with Crippen molar-refractivity contribution in [3.05, 3.63) is 24.3 Å². The first kappa shape index (κ1) is 12.4. The molecule has 88 valence electrons. The fourth-order valence-electron chi connectivity index (χ4n) is 1.47. The maximum absolute atomic E-state index is 11.7. The molecule has 1 rings (SSSR count). The quantitative estimate of drug-likeness (QED) is 0.752. The van der Waals surface area contributed by atoms with Gasteiger partial charge in [-0.3, -0.25) is 4.79 Å². The maximum atomic E-state index is 11.7. The van der Waals surface area contributed by atoms with Gasteiger partial charge in [-0.1, -0.05) is 6.07 Å². The highest BCUT2D eigenvalue weighted by Gasteiger charge is 2.17. The Morgan fingerprint density at radius 2 is 2.25 bits per heavy atom. The van der Waals surface area contributed by atoms with Gasteiger partial charge < -0.3 is 16.0 Å². The molecule has 1 unspecified atom stereocenters. The molecule has 4 nitrogen and oxygen atoms in total. The largest absolute Gasteiger partial charge is 0.399 e. The summed E-state index contributed by atoms with van der Waals surface area (Å²) in [4.78, 5) is 13.6. The van der Waals surface area contributed by atoms with Crippen molar-refractivity contribution in [3.8, 4) is 0 Å². The average molecular weight is 221 g/mol. The average Bonchev–Trinajstić information content (AvgIpc) is 2.27. The van der Waals surface area contributed by atoms with Crippen LogP contribution in [-0.4, -0.2) is 25.5 Å². The van der Waals surface area contributed by atoms with Crippen LogP contribution in [0.2, 0.25) is 0 Å². The van der Waals surface area contributed by atoms with Crippen LogP contribution < -0.4 is 16.0 Å². The molecule has 0 aliphatic rings. The number of rotatable bonds is 4. The Morgan fingerprint density at radius 1 is 1.56 bits per heavy atom. The Hall–Kier alpha value is -1.71. The number of carbonyl (C=O) groups excluding carboxylic acids is 1. The SMILES string of the molecule is CCNC(=O)C(C)N(C)c1cccc(N)c1. The molecule has 0 spiro atoms. The number of nitrogens with one attached hydrogen (secondary N) is 1. The van der Waals surface area contributed by atoms with Crippen molar-refractivity contribution < 1.29 is 4.79 Å². The van der Waals surface area contributed by atoms with Gasteiger partial charge in [0.2, 0.25) is 5.91 Å². The third kappa shape index (κ3) is 2.89. The topological polar surface area (TPSA) is 58.4 Å². The van der Waals surface area contributed by atoms with Crippen molar-refractivity contribution in [3.63, 3.8) is 0 Å². The van der Waals surface area contributed by atoms with E-state index in [1.54, 1.807) is 0 Å². The van der Waals surface area contributed by atoms with Crippen molar-refractivity contribution in [2.45, 2.75) is 19.9 Å². The van der Waals surface area contributed by atoms with Gasteiger partial charge in [0, 0.05) is 25.0 Å². The van der Waals surface area contributed by atoms with Gasteiger partial charge >= 0.3 is 0 Å². The number of carbonyl (C=O) groups is 1. The molecule has 3 N–H and O–H groups in total. The normalized spacial score (nSPS) is 11.9. The van der Waals surface area contributed by atoms with E-state index in [4.69, 9.17) is 5.73 Å². The van der Waals surface area contributed by atoms with Crippen LogP contribution in [0.5, 0.6) is 0 Å². The predicted octanol–water partition coefficient (Wildman–Crippen LogP) is 1.23. The number of hydrogen-bond acceptors (Lipinski definition) is 3. The molecule has 4 heteroatoms. The van der Waals surface area contributed by atoms with Crippen LogP contribution in [0, 0.1) is 0 Å². The molecule has 0 fully saturated rings. The highest BCUT2D eigenvalue weighted by molar-refractivity contribution is 5.84. The summed E-state index contributed by atoms with van der Waals surface area (Å²) in [6, 6.07) is 7.29. The number of nitrogen functional groups attached to an aromatic ring is 1. The molecule has 1 atom stereocenters. The van der Waals surface area contributed by atoms with Crippen molar-refractivity contribution in [1.29, 1.82) is 0 Å². The number of hydrogen-bond donors (Lipinski definition) is 2. The molecular weight excluding hydrogens is 202 g/mol. The van der Waals surface area contributed by atoms with Crippen LogP contribution in [0.4, 0.5) is 11.4 Å².